The van der Waals surface area contributed by atoms with Crippen molar-refractivity contribution < 1.29 is 28.9 Å². The Balaban J connectivity index is 1.58. The standard InChI is InChI=1S/C24H26ClFN4O5S/c1-34-23(32)19-18(9-30-14-7-24(33,12-31)8-15(30)11-35-10-14)28-21(22-27-4-5-36-22)29-20(19)16-3-2-13(26)6-17(16)25/h2-6,14-15,20,31,33H,7-12H2,1H3,(H,28,29)/t14-,15?,20?,24?/m1/s1. The predicted octanol–water partition coefficient (Wildman–Crippen LogP) is 2.04. The van der Waals surface area contributed by atoms with Gasteiger partial charge in [0, 0.05) is 46.5 Å². The van der Waals surface area contributed by atoms with E-state index in [1.165, 1.54) is 36.6 Å². The van der Waals surface area contributed by atoms with Crippen molar-refractivity contribution in [2.24, 2.45) is 4.99 Å². The maximum Gasteiger partial charge on any atom is 0.338 e. The van der Waals surface area contributed by atoms with Crippen molar-refractivity contribution in [1.82, 2.24) is 15.2 Å². The Bertz CT molecular complexity index is 1190. The first-order valence-electron chi connectivity index (χ1n) is 11.5. The Morgan fingerprint density at radius 3 is 2.75 bits per heavy atom. The zero-order chi connectivity index (χ0) is 25.4. The van der Waals surface area contributed by atoms with Crippen LogP contribution in [0, 0.1) is 5.82 Å². The van der Waals surface area contributed by atoms with Gasteiger partial charge in [0.1, 0.15) is 11.9 Å². The Morgan fingerprint density at radius 1 is 1.39 bits per heavy atom. The van der Waals surface area contributed by atoms with Crippen LogP contribution in [-0.4, -0.2) is 83.1 Å². The zero-order valence-corrected chi connectivity index (χ0v) is 21.1. The molecule has 2 saturated heterocycles. The van der Waals surface area contributed by atoms with Gasteiger partial charge in [-0.3, -0.25) is 9.89 Å². The van der Waals surface area contributed by atoms with Crippen molar-refractivity contribution in [2.75, 3.05) is 33.5 Å². The second-order valence-corrected chi connectivity index (χ2v) is 10.5. The molecule has 36 heavy (non-hydrogen) atoms. The number of carbonyl (C=O) groups excluding carboxylic acids is 1. The van der Waals surface area contributed by atoms with Crippen LogP contribution >= 0.6 is 22.9 Å². The third-order valence-corrected chi connectivity index (χ3v) is 7.96. The molecule has 3 aliphatic rings. The van der Waals surface area contributed by atoms with Gasteiger partial charge in [0.25, 0.3) is 0 Å². The van der Waals surface area contributed by atoms with Gasteiger partial charge in [-0.05, 0) is 25.0 Å². The van der Waals surface area contributed by atoms with E-state index >= 15 is 0 Å². The first kappa shape index (κ1) is 25.2. The van der Waals surface area contributed by atoms with Gasteiger partial charge in [-0.1, -0.05) is 17.7 Å². The Labute approximate surface area is 216 Å². The number of esters is 1. The van der Waals surface area contributed by atoms with Gasteiger partial charge in [-0.2, -0.15) is 0 Å². The fraction of sp³-hybridized carbons (Fsp3) is 0.458. The Kier molecular flexibility index (Phi) is 7.12. The Hall–Kier alpha value is -2.41. The topological polar surface area (TPSA) is 117 Å². The molecular formula is C24H26ClFN4O5S. The van der Waals surface area contributed by atoms with Crippen LogP contribution < -0.4 is 5.32 Å². The highest BCUT2D eigenvalue weighted by molar-refractivity contribution is 7.11. The molecule has 4 atom stereocenters. The second-order valence-electron chi connectivity index (χ2n) is 9.20. The third kappa shape index (κ3) is 4.79. The summed E-state index contributed by atoms with van der Waals surface area (Å²) in [6.45, 7) is 0.763. The molecule has 3 N–H and O–H groups in total. The number of amidine groups is 1. The van der Waals surface area contributed by atoms with Crippen molar-refractivity contribution >= 4 is 34.7 Å². The highest BCUT2D eigenvalue weighted by atomic mass is 35.5. The van der Waals surface area contributed by atoms with Crippen LogP contribution in [0.15, 0.2) is 46.0 Å². The molecule has 2 aromatic rings. The average molecular weight is 537 g/mol. The number of benzene rings is 1. The molecule has 0 aliphatic carbocycles. The molecule has 2 bridgehead atoms. The number of thiazole rings is 1. The van der Waals surface area contributed by atoms with Gasteiger partial charge in [0.15, 0.2) is 10.8 Å². The summed E-state index contributed by atoms with van der Waals surface area (Å²) in [5, 5.41) is 26.4. The number of morpholine rings is 1. The number of rotatable bonds is 6. The quantitative estimate of drug-likeness (QED) is 0.480. The molecule has 1 aromatic carbocycles. The molecule has 0 saturated carbocycles. The number of halogens is 2. The number of carbonyl (C=O) groups is 1. The van der Waals surface area contributed by atoms with E-state index in [9.17, 15) is 19.4 Å². The monoisotopic (exact) mass is 536 g/mol. The number of ether oxygens (including phenoxy) is 2. The molecule has 0 amide bonds. The number of nitrogens with zero attached hydrogens (tertiary/aromatic N) is 3. The minimum atomic E-state index is -1.17. The van der Waals surface area contributed by atoms with Crippen LogP contribution in [0.3, 0.4) is 0 Å². The second kappa shape index (κ2) is 10.2. The number of methoxy groups -OCH3 is 1. The fourth-order valence-corrected chi connectivity index (χ4v) is 6.04. The number of piperidine rings is 1. The summed E-state index contributed by atoms with van der Waals surface area (Å²) in [6, 6.07) is 2.79. The van der Waals surface area contributed by atoms with Crippen LogP contribution in [-0.2, 0) is 14.3 Å². The number of aliphatic imine (C=N–C) groups is 1. The lowest BCUT2D eigenvalue weighted by atomic mass is 9.81. The normalized spacial score (nSPS) is 28.5. The predicted molar refractivity (Wildman–Crippen MR) is 131 cm³/mol. The molecular weight excluding hydrogens is 511 g/mol. The van der Waals surface area contributed by atoms with Gasteiger partial charge < -0.3 is 25.0 Å². The molecule has 5 rings (SSSR count). The highest BCUT2D eigenvalue weighted by Crippen LogP contribution is 2.39. The molecule has 4 heterocycles. The van der Waals surface area contributed by atoms with Gasteiger partial charge in [0.05, 0.1) is 38.1 Å². The molecule has 3 unspecified atom stereocenters. The van der Waals surface area contributed by atoms with E-state index in [-0.39, 0.29) is 29.3 Å². The van der Waals surface area contributed by atoms with E-state index < -0.39 is 23.4 Å². The fourth-order valence-electron chi connectivity index (χ4n) is 5.18. The van der Waals surface area contributed by atoms with Crippen molar-refractivity contribution in [2.45, 2.75) is 36.6 Å². The number of nitrogens with one attached hydrogen (secondary N) is 1. The molecule has 0 spiro atoms. The smallest absolute Gasteiger partial charge is 0.338 e. The molecule has 3 aliphatic heterocycles. The average Bonchev–Trinajstić information content (AvgIpc) is 3.39. The van der Waals surface area contributed by atoms with Crippen molar-refractivity contribution in [3.63, 3.8) is 0 Å². The molecule has 192 valence electrons. The van der Waals surface area contributed by atoms with Crippen molar-refractivity contribution in [1.29, 1.82) is 0 Å². The first-order valence-corrected chi connectivity index (χ1v) is 12.8. The lowest BCUT2D eigenvalue weighted by Crippen LogP contribution is -2.63. The van der Waals surface area contributed by atoms with Crippen molar-refractivity contribution in [3.8, 4) is 0 Å². The van der Waals surface area contributed by atoms with E-state index in [1.807, 2.05) is 5.38 Å². The van der Waals surface area contributed by atoms with E-state index in [1.54, 1.807) is 6.20 Å². The van der Waals surface area contributed by atoms with E-state index in [2.05, 4.69) is 15.2 Å². The number of aromatic nitrogens is 1. The lowest BCUT2D eigenvalue weighted by Gasteiger charge is -2.51. The van der Waals surface area contributed by atoms with Gasteiger partial charge in [-0.15, -0.1) is 11.3 Å². The van der Waals surface area contributed by atoms with Crippen LogP contribution in [0.4, 0.5) is 4.39 Å². The van der Waals surface area contributed by atoms with E-state index in [0.717, 1.165) is 0 Å². The first-order chi connectivity index (χ1) is 17.3. The zero-order valence-electron chi connectivity index (χ0n) is 19.5. The number of hydrogen-bond acceptors (Lipinski definition) is 10. The van der Waals surface area contributed by atoms with Crippen LogP contribution in [0.25, 0.3) is 0 Å². The molecule has 12 heteroatoms. The minimum Gasteiger partial charge on any atom is -0.466 e. The van der Waals surface area contributed by atoms with Crippen LogP contribution in [0.5, 0.6) is 0 Å². The van der Waals surface area contributed by atoms with Crippen molar-refractivity contribution in [3.05, 3.63) is 62.5 Å². The van der Waals surface area contributed by atoms with Gasteiger partial charge in [0.2, 0.25) is 0 Å². The summed E-state index contributed by atoms with van der Waals surface area (Å²) in [6.07, 6.45) is 2.33. The minimum absolute atomic E-state index is 0.140. The molecule has 0 radical (unpaired) electrons. The summed E-state index contributed by atoms with van der Waals surface area (Å²) < 4.78 is 24.7. The summed E-state index contributed by atoms with van der Waals surface area (Å²) in [4.78, 5) is 24.4. The molecule has 1 aromatic heterocycles. The Morgan fingerprint density at radius 2 is 2.14 bits per heavy atom. The van der Waals surface area contributed by atoms with Crippen LogP contribution in [0.2, 0.25) is 5.02 Å². The number of aliphatic hydroxyl groups is 2. The summed E-state index contributed by atoms with van der Waals surface area (Å²) in [7, 11) is 1.29. The van der Waals surface area contributed by atoms with E-state index in [0.29, 0.717) is 54.7 Å². The molecule has 9 nitrogen and oxygen atoms in total. The maximum absolute atomic E-state index is 13.8. The number of hydrogen-bond donors (Lipinski definition) is 3. The maximum atomic E-state index is 13.8. The summed E-state index contributed by atoms with van der Waals surface area (Å²) in [5.41, 5.74) is 0.0998. The van der Waals surface area contributed by atoms with Gasteiger partial charge in [-0.25, -0.2) is 14.2 Å². The summed E-state index contributed by atoms with van der Waals surface area (Å²) in [5.74, 6) is -0.624. The SMILES string of the molecule is COC(=O)C1=C(CN2C3COC[C@H]2CC(O)(CO)C3)NC(c2nccs2)=NC1c1ccc(F)cc1Cl. The number of fused-ring (bicyclic) bond motifs is 2. The number of aliphatic hydroxyl groups excluding tert-OH is 1. The van der Waals surface area contributed by atoms with Crippen LogP contribution in [0.1, 0.15) is 29.5 Å². The molecule has 2 fully saturated rings. The van der Waals surface area contributed by atoms with Gasteiger partial charge >= 0.3 is 5.97 Å². The lowest BCUT2D eigenvalue weighted by molar-refractivity contribution is -0.153. The third-order valence-electron chi connectivity index (χ3n) is 6.85. The largest absolute Gasteiger partial charge is 0.466 e. The highest BCUT2D eigenvalue weighted by Gasteiger charge is 2.47. The summed E-state index contributed by atoms with van der Waals surface area (Å²) >= 11 is 7.80. The van der Waals surface area contributed by atoms with E-state index in [4.69, 9.17) is 26.1 Å².